The van der Waals surface area contributed by atoms with Crippen molar-refractivity contribution in [1.29, 1.82) is 0 Å². The van der Waals surface area contributed by atoms with Gasteiger partial charge in [0.15, 0.2) is 0 Å². The Balaban J connectivity index is 1.90. The van der Waals surface area contributed by atoms with Crippen LogP contribution in [0.25, 0.3) is 0 Å². The van der Waals surface area contributed by atoms with Crippen molar-refractivity contribution in [3.8, 4) is 0 Å². The average Bonchev–Trinajstić information content (AvgIpc) is 2.75. The van der Waals surface area contributed by atoms with Gasteiger partial charge in [0.1, 0.15) is 0 Å². The minimum atomic E-state index is -0.289. The fraction of sp³-hybridized carbons (Fsp3) is 0.700. The summed E-state index contributed by atoms with van der Waals surface area (Å²) in [5.41, 5.74) is 1.04. The molecule has 4 heteroatoms. The molecule has 2 unspecified atom stereocenters. The van der Waals surface area contributed by atoms with E-state index in [0.29, 0.717) is 18.9 Å². The molecule has 0 radical (unpaired) electrons. The number of nitrogens with zero attached hydrogens (tertiary/aromatic N) is 1. The third-order valence-corrected chi connectivity index (χ3v) is 3.55. The van der Waals surface area contributed by atoms with Gasteiger partial charge >= 0.3 is 0 Å². The van der Waals surface area contributed by atoms with Crippen LogP contribution in [0.4, 0.5) is 0 Å². The Morgan fingerprint density at radius 1 is 1.79 bits per heavy atom. The summed E-state index contributed by atoms with van der Waals surface area (Å²) in [6, 6.07) is 0. The van der Waals surface area contributed by atoms with E-state index in [4.69, 9.17) is 4.74 Å². The highest BCUT2D eigenvalue weighted by molar-refractivity contribution is 7.09. The lowest BCUT2D eigenvalue weighted by Gasteiger charge is -2.14. The molecule has 1 aliphatic rings. The van der Waals surface area contributed by atoms with Gasteiger partial charge < -0.3 is 9.84 Å². The van der Waals surface area contributed by atoms with Crippen molar-refractivity contribution in [3.05, 3.63) is 16.1 Å². The summed E-state index contributed by atoms with van der Waals surface area (Å²) in [7, 11) is 0. The number of aliphatic hydroxyl groups excluding tert-OH is 1. The Kier molecular flexibility index (Phi) is 3.15. The van der Waals surface area contributed by atoms with Crippen molar-refractivity contribution < 1.29 is 9.84 Å². The monoisotopic (exact) mass is 213 g/mol. The van der Waals surface area contributed by atoms with E-state index < -0.39 is 0 Å². The van der Waals surface area contributed by atoms with Crippen molar-refractivity contribution in [2.24, 2.45) is 5.92 Å². The number of aromatic nitrogens is 1. The summed E-state index contributed by atoms with van der Waals surface area (Å²) in [4.78, 5) is 4.34. The number of aryl methyl sites for hydroxylation is 1. The summed E-state index contributed by atoms with van der Waals surface area (Å²) in [6.07, 6.45) is 1.36. The maximum absolute atomic E-state index is 9.90. The lowest BCUT2D eigenvalue weighted by molar-refractivity contribution is 0.0918. The molecule has 0 spiro atoms. The Bertz CT molecular complexity index is 294. The SMILES string of the molecule is Cc1csc(CC(O)C2CCOC2)n1. The van der Waals surface area contributed by atoms with Crippen LogP contribution >= 0.6 is 11.3 Å². The molecule has 1 fully saturated rings. The van der Waals surface area contributed by atoms with Crippen LogP contribution < -0.4 is 0 Å². The average molecular weight is 213 g/mol. The van der Waals surface area contributed by atoms with Crippen LogP contribution in [0.15, 0.2) is 5.38 Å². The van der Waals surface area contributed by atoms with Gasteiger partial charge in [-0.15, -0.1) is 11.3 Å². The predicted octanol–water partition coefficient (Wildman–Crippen LogP) is 1.39. The highest BCUT2D eigenvalue weighted by atomic mass is 32.1. The van der Waals surface area contributed by atoms with E-state index >= 15 is 0 Å². The maximum atomic E-state index is 9.90. The normalized spacial score (nSPS) is 24.0. The minimum absolute atomic E-state index is 0.289. The summed E-state index contributed by atoms with van der Waals surface area (Å²) in [5, 5.41) is 12.9. The zero-order chi connectivity index (χ0) is 9.97. The highest BCUT2D eigenvalue weighted by Crippen LogP contribution is 2.21. The Hall–Kier alpha value is -0.450. The van der Waals surface area contributed by atoms with E-state index in [1.54, 1.807) is 11.3 Å². The van der Waals surface area contributed by atoms with Crippen LogP contribution in [0.1, 0.15) is 17.1 Å². The first kappa shape index (κ1) is 10.1. The first-order valence-electron chi connectivity index (χ1n) is 4.92. The Morgan fingerprint density at radius 2 is 2.64 bits per heavy atom. The molecule has 2 rings (SSSR count). The summed E-state index contributed by atoms with van der Waals surface area (Å²) < 4.78 is 5.24. The van der Waals surface area contributed by atoms with Gasteiger partial charge in [-0.05, 0) is 13.3 Å². The molecule has 0 aliphatic carbocycles. The standard InChI is InChI=1S/C10H15NO2S/c1-7-6-14-10(11-7)4-9(12)8-2-3-13-5-8/h6,8-9,12H,2-5H2,1H3. The molecule has 1 N–H and O–H groups in total. The number of rotatable bonds is 3. The van der Waals surface area contributed by atoms with Crippen LogP contribution in [0.2, 0.25) is 0 Å². The molecule has 0 amide bonds. The van der Waals surface area contributed by atoms with Crippen molar-refractivity contribution in [2.75, 3.05) is 13.2 Å². The lowest BCUT2D eigenvalue weighted by Crippen LogP contribution is -2.22. The molecule has 1 saturated heterocycles. The molecule has 1 aliphatic heterocycles. The number of hydrogen-bond acceptors (Lipinski definition) is 4. The molecule has 14 heavy (non-hydrogen) atoms. The molecule has 3 nitrogen and oxygen atoms in total. The van der Waals surface area contributed by atoms with E-state index in [1.807, 2.05) is 12.3 Å². The van der Waals surface area contributed by atoms with Gasteiger partial charge in [0.2, 0.25) is 0 Å². The molecule has 2 heterocycles. The first-order valence-corrected chi connectivity index (χ1v) is 5.80. The second kappa shape index (κ2) is 4.38. The van der Waals surface area contributed by atoms with Crippen molar-refractivity contribution in [2.45, 2.75) is 25.9 Å². The molecule has 1 aromatic heterocycles. The van der Waals surface area contributed by atoms with E-state index in [0.717, 1.165) is 23.7 Å². The van der Waals surface area contributed by atoms with Crippen LogP contribution in [-0.4, -0.2) is 29.4 Å². The predicted molar refractivity (Wildman–Crippen MR) is 55.5 cm³/mol. The number of thiazole rings is 1. The molecule has 1 aromatic rings. The van der Waals surface area contributed by atoms with Crippen LogP contribution in [0.5, 0.6) is 0 Å². The maximum Gasteiger partial charge on any atom is 0.0954 e. The smallest absolute Gasteiger partial charge is 0.0954 e. The van der Waals surface area contributed by atoms with Crippen molar-refractivity contribution in [3.63, 3.8) is 0 Å². The second-order valence-corrected chi connectivity index (χ2v) is 4.72. The number of aliphatic hydroxyl groups is 1. The largest absolute Gasteiger partial charge is 0.392 e. The molecule has 0 saturated carbocycles. The number of ether oxygens (including phenoxy) is 1. The fourth-order valence-corrected chi connectivity index (χ4v) is 2.52. The fourth-order valence-electron chi connectivity index (χ4n) is 1.70. The van der Waals surface area contributed by atoms with Crippen LogP contribution in [-0.2, 0) is 11.2 Å². The highest BCUT2D eigenvalue weighted by Gasteiger charge is 2.24. The van der Waals surface area contributed by atoms with E-state index in [9.17, 15) is 5.11 Å². The van der Waals surface area contributed by atoms with Crippen molar-refractivity contribution in [1.82, 2.24) is 4.98 Å². The van der Waals surface area contributed by atoms with E-state index in [-0.39, 0.29) is 6.10 Å². The quantitative estimate of drug-likeness (QED) is 0.825. The van der Waals surface area contributed by atoms with Gasteiger partial charge in [-0.3, -0.25) is 0 Å². The van der Waals surface area contributed by atoms with Gasteiger partial charge in [0.05, 0.1) is 17.7 Å². The number of hydrogen-bond donors (Lipinski definition) is 1. The summed E-state index contributed by atoms with van der Waals surface area (Å²) in [5.74, 6) is 0.305. The Labute approximate surface area is 87.7 Å². The third-order valence-electron chi connectivity index (χ3n) is 2.56. The van der Waals surface area contributed by atoms with E-state index in [1.165, 1.54) is 0 Å². The summed E-state index contributed by atoms with van der Waals surface area (Å²) in [6.45, 7) is 3.47. The van der Waals surface area contributed by atoms with Crippen LogP contribution in [0.3, 0.4) is 0 Å². The zero-order valence-electron chi connectivity index (χ0n) is 8.27. The second-order valence-electron chi connectivity index (χ2n) is 3.78. The lowest BCUT2D eigenvalue weighted by atomic mass is 10.00. The molecule has 0 aromatic carbocycles. The minimum Gasteiger partial charge on any atom is -0.392 e. The Morgan fingerprint density at radius 3 is 3.21 bits per heavy atom. The molecular formula is C10H15NO2S. The van der Waals surface area contributed by atoms with Crippen molar-refractivity contribution >= 4 is 11.3 Å². The van der Waals surface area contributed by atoms with Gasteiger partial charge in [0, 0.05) is 30.0 Å². The zero-order valence-corrected chi connectivity index (χ0v) is 9.09. The van der Waals surface area contributed by atoms with Gasteiger partial charge in [-0.2, -0.15) is 0 Å². The van der Waals surface area contributed by atoms with Gasteiger partial charge in [0.25, 0.3) is 0 Å². The van der Waals surface area contributed by atoms with Crippen LogP contribution in [0, 0.1) is 12.8 Å². The summed E-state index contributed by atoms with van der Waals surface area (Å²) >= 11 is 1.62. The molecule has 78 valence electrons. The van der Waals surface area contributed by atoms with Gasteiger partial charge in [-0.25, -0.2) is 4.98 Å². The topological polar surface area (TPSA) is 42.4 Å². The molecular weight excluding hydrogens is 198 g/mol. The van der Waals surface area contributed by atoms with E-state index in [2.05, 4.69) is 4.98 Å². The first-order chi connectivity index (χ1) is 6.75. The molecule has 0 bridgehead atoms. The molecule has 2 atom stereocenters. The van der Waals surface area contributed by atoms with Gasteiger partial charge in [-0.1, -0.05) is 0 Å². The third kappa shape index (κ3) is 2.32.